The highest BCUT2D eigenvalue weighted by Crippen LogP contribution is 2.37. The fraction of sp³-hybridized carbons (Fsp3) is 0.778. The number of amides is 1. The Bertz CT molecular complexity index is 251. The zero-order valence-electron chi connectivity index (χ0n) is 7.58. The van der Waals surface area contributed by atoms with Gasteiger partial charge in [-0.1, -0.05) is 6.92 Å². The second-order valence-corrected chi connectivity index (χ2v) is 3.84. The number of hydrogen-bond donors (Lipinski definition) is 1. The molecule has 72 valence electrons. The monoisotopic (exact) mass is 183 g/mol. The van der Waals surface area contributed by atoms with Crippen LogP contribution in [0.2, 0.25) is 0 Å². The Labute approximate surface area is 76.6 Å². The highest BCUT2D eigenvalue weighted by molar-refractivity contribution is 5.87. The largest absolute Gasteiger partial charge is 0.464 e. The first kappa shape index (κ1) is 8.53. The van der Waals surface area contributed by atoms with Crippen molar-refractivity contribution in [1.82, 2.24) is 5.32 Å². The minimum absolute atomic E-state index is 0.0105. The lowest BCUT2D eigenvalue weighted by atomic mass is 10.2. The summed E-state index contributed by atoms with van der Waals surface area (Å²) in [6.07, 6.45) is 1.57. The van der Waals surface area contributed by atoms with E-state index in [4.69, 9.17) is 4.74 Å². The molecule has 1 aliphatic heterocycles. The number of cyclic esters (lactones) is 1. The molecule has 0 aromatic heterocycles. The molecule has 2 rings (SSSR count). The van der Waals surface area contributed by atoms with Crippen molar-refractivity contribution in [1.29, 1.82) is 0 Å². The van der Waals surface area contributed by atoms with E-state index in [-0.39, 0.29) is 23.8 Å². The Balaban J connectivity index is 1.83. The van der Waals surface area contributed by atoms with Crippen molar-refractivity contribution in [3.63, 3.8) is 0 Å². The smallest absolute Gasteiger partial charge is 0.328 e. The standard InChI is InChI=1S/C9H13NO3/c1-5-4-6(5)8(11)10-7-2-3-13-9(7)12/h5-7H,2-4H2,1H3,(H,10,11)/t5?,6?,7-/m0/s1. The average molecular weight is 183 g/mol. The zero-order valence-corrected chi connectivity index (χ0v) is 7.58. The number of carbonyl (C=O) groups excluding carboxylic acids is 2. The Kier molecular flexibility index (Phi) is 1.98. The number of nitrogens with one attached hydrogen (secondary N) is 1. The van der Waals surface area contributed by atoms with Crippen LogP contribution in [-0.4, -0.2) is 24.5 Å². The lowest BCUT2D eigenvalue weighted by Gasteiger charge is -2.07. The van der Waals surface area contributed by atoms with Gasteiger partial charge in [0.2, 0.25) is 5.91 Å². The van der Waals surface area contributed by atoms with Crippen LogP contribution in [0.3, 0.4) is 0 Å². The third-order valence-corrected chi connectivity index (χ3v) is 2.70. The fourth-order valence-electron chi connectivity index (χ4n) is 1.59. The lowest BCUT2D eigenvalue weighted by molar-refractivity contribution is -0.141. The molecule has 0 aromatic rings. The van der Waals surface area contributed by atoms with Gasteiger partial charge in [-0.3, -0.25) is 4.79 Å². The molecule has 4 nitrogen and oxygen atoms in total. The van der Waals surface area contributed by atoms with Crippen molar-refractivity contribution < 1.29 is 14.3 Å². The summed E-state index contributed by atoms with van der Waals surface area (Å²) in [5, 5.41) is 2.71. The van der Waals surface area contributed by atoms with E-state index in [0.717, 1.165) is 6.42 Å². The highest BCUT2D eigenvalue weighted by atomic mass is 16.5. The molecule has 1 saturated heterocycles. The first-order valence-electron chi connectivity index (χ1n) is 4.65. The first-order valence-corrected chi connectivity index (χ1v) is 4.65. The van der Waals surface area contributed by atoms with Crippen LogP contribution in [0.15, 0.2) is 0 Å². The van der Waals surface area contributed by atoms with E-state index in [1.54, 1.807) is 0 Å². The van der Waals surface area contributed by atoms with Crippen molar-refractivity contribution in [3.05, 3.63) is 0 Å². The molecule has 2 aliphatic rings. The minimum Gasteiger partial charge on any atom is -0.464 e. The van der Waals surface area contributed by atoms with Crippen LogP contribution in [0, 0.1) is 11.8 Å². The summed E-state index contributed by atoms with van der Waals surface area (Å²) in [5.74, 6) is 0.337. The number of rotatable bonds is 2. The Morgan fingerprint density at radius 3 is 2.77 bits per heavy atom. The minimum atomic E-state index is -0.389. The average Bonchev–Trinajstić information content (AvgIpc) is 2.68. The normalized spacial score (nSPS) is 37.0. The SMILES string of the molecule is CC1CC1C(=O)N[C@H]1CCOC1=O. The van der Waals surface area contributed by atoms with E-state index in [2.05, 4.69) is 5.32 Å². The van der Waals surface area contributed by atoms with Crippen LogP contribution < -0.4 is 5.32 Å². The molecule has 1 amide bonds. The van der Waals surface area contributed by atoms with Crippen LogP contribution >= 0.6 is 0 Å². The molecule has 2 fully saturated rings. The predicted octanol–water partition coefficient (Wildman–Crippen LogP) is 0.0741. The maximum absolute atomic E-state index is 11.4. The van der Waals surface area contributed by atoms with Gasteiger partial charge in [-0.2, -0.15) is 0 Å². The van der Waals surface area contributed by atoms with Crippen LogP contribution in [0.25, 0.3) is 0 Å². The van der Waals surface area contributed by atoms with E-state index in [1.807, 2.05) is 6.92 Å². The maximum atomic E-state index is 11.4. The molecule has 1 heterocycles. The van der Waals surface area contributed by atoms with Crippen molar-refractivity contribution >= 4 is 11.9 Å². The second kappa shape index (κ2) is 3.01. The molecular weight excluding hydrogens is 170 g/mol. The lowest BCUT2D eigenvalue weighted by Crippen LogP contribution is -2.39. The molecule has 4 heteroatoms. The van der Waals surface area contributed by atoms with Gasteiger partial charge in [0.1, 0.15) is 6.04 Å². The topological polar surface area (TPSA) is 55.4 Å². The predicted molar refractivity (Wildman–Crippen MR) is 44.8 cm³/mol. The molecule has 0 radical (unpaired) electrons. The van der Waals surface area contributed by atoms with Crippen LogP contribution in [-0.2, 0) is 14.3 Å². The number of carbonyl (C=O) groups is 2. The maximum Gasteiger partial charge on any atom is 0.328 e. The van der Waals surface area contributed by atoms with Crippen LogP contribution in [0.1, 0.15) is 19.8 Å². The van der Waals surface area contributed by atoms with Gasteiger partial charge >= 0.3 is 5.97 Å². The van der Waals surface area contributed by atoms with E-state index >= 15 is 0 Å². The number of hydrogen-bond acceptors (Lipinski definition) is 3. The third kappa shape index (κ3) is 1.66. The van der Waals surface area contributed by atoms with Gasteiger partial charge in [-0.25, -0.2) is 4.79 Å². The molecule has 1 aliphatic carbocycles. The first-order chi connectivity index (χ1) is 6.18. The summed E-state index contributed by atoms with van der Waals surface area (Å²) in [6.45, 7) is 2.47. The van der Waals surface area contributed by atoms with Gasteiger partial charge in [-0.05, 0) is 12.3 Å². The molecule has 0 spiro atoms. The van der Waals surface area contributed by atoms with Gasteiger partial charge in [0.05, 0.1) is 6.61 Å². The molecule has 0 aromatic carbocycles. The van der Waals surface area contributed by atoms with Gasteiger partial charge in [0.15, 0.2) is 0 Å². The number of ether oxygens (including phenoxy) is 1. The molecule has 2 unspecified atom stereocenters. The third-order valence-electron chi connectivity index (χ3n) is 2.70. The molecular formula is C9H13NO3. The van der Waals surface area contributed by atoms with Crippen molar-refractivity contribution in [3.8, 4) is 0 Å². The molecule has 1 saturated carbocycles. The summed E-state index contributed by atoms with van der Waals surface area (Å²) >= 11 is 0. The van der Waals surface area contributed by atoms with Gasteiger partial charge in [0.25, 0.3) is 0 Å². The van der Waals surface area contributed by atoms with E-state index < -0.39 is 0 Å². The molecule has 1 N–H and O–H groups in total. The van der Waals surface area contributed by atoms with Crippen molar-refractivity contribution in [2.24, 2.45) is 11.8 Å². The Morgan fingerprint density at radius 1 is 1.62 bits per heavy atom. The van der Waals surface area contributed by atoms with Crippen molar-refractivity contribution in [2.75, 3.05) is 6.61 Å². The molecule has 13 heavy (non-hydrogen) atoms. The molecule has 3 atom stereocenters. The molecule has 0 bridgehead atoms. The van der Waals surface area contributed by atoms with E-state index in [1.165, 1.54) is 0 Å². The van der Waals surface area contributed by atoms with E-state index in [0.29, 0.717) is 18.9 Å². The van der Waals surface area contributed by atoms with E-state index in [9.17, 15) is 9.59 Å². The summed E-state index contributed by atoms with van der Waals surface area (Å²) < 4.78 is 4.74. The summed E-state index contributed by atoms with van der Waals surface area (Å²) in [5.41, 5.74) is 0. The van der Waals surface area contributed by atoms with Gasteiger partial charge in [0, 0.05) is 12.3 Å². The van der Waals surface area contributed by atoms with Gasteiger partial charge < -0.3 is 10.1 Å². The summed E-state index contributed by atoms with van der Waals surface area (Å²) in [7, 11) is 0. The Hall–Kier alpha value is -1.06. The summed E-state index contributed by atoms with van der Waals surface area (Å²) in [4.78, 5) is 22.4. The number of esters is 1. The van der Waals surface area contributed by atoms with Crippen LogP contribution in [0.4, 0.5) is 0 Å². The Morgan fingerprint density at radius 2 is 2.31 bits per heavy atom. The van der Waals surface area contributed by atoms with Crippen molar-refractivity contribution in [2.45, 2.75) is 25.8 Å². The quantitative estimate of drug-likeness (QED) is 0.616. The second-order valence-electron chi connectivity index (χ2n) is 3.84. The van der Waals surface area contributed by atoms with Crippen LogP contribution in [0.5, 0.6) is 0 Å². The summed E-state index contributed by atoms with van der Waals surface area (Å²) in [6, 6.07) is -0.389. The highest BCUT2D eigenvalue weighted by Gasteiger charge is 2.41. The van der Waals surface area contributed by atoms with Gasteiger partial charge in [-0.15, -0.1) is 0 Å². The zero-order chi connectivity index (χ0) is 9.42. The fourth-order valence-corrected chi connectivity index (χ4v) is 1.59.